The van der Waals surface area contributed by atoms with Gasteiger partial charge in [0.15, 0.2) is 0 Å². The van der Waals surface area contributed by atoms with Crippen LogP contribution in [-0.2, 0) is 10.0 Å². The van der Waals surface area contributed by atoms with Crippen LogP contribution in [0, 0.1) is 0 Å². The minimum absolute atomic E-state index is 0.0545. The number of nitrogens with two attached hydrogens (primary N) is 1. The Hall–Kier alpha value is -0.920. The molecule has 0 saturated heterocycles. The number of anilines is 1. The van der Waals surface area contributed by atoms with Gasteiger partial charge in [0.25, 0.3) is 0 Å². The third kappa shape index (κ3) is 3.59. The second kappa shape index (κ2) is 7.19. The molecule has 0 aliphatic carbocycles. The van der Waals surface area contributed by atoms with Crippen molar-refractivity contribution in [3.63, 3.8) is 0 Å². The molecule has 114 valence electrons. The molecule has 0 aromatic heterocycles. The smallest absolute Gasteiger partial charge is 0.246 e. The summed E-state index contributed by atoms with van der Waals surface area (Å²) in [7, 11) is -0.575. The molecule has 1 aromatic carbocycles. The summed E-state index contributed by atoms with van der Waals surface area (Å²) in [6.45, 7) is 1.98. The van der Waals surface area contributed by atoms with E-state index in [1.54, 1.807) is 30.9 Å². The summed E-state index contributed by atoms with van der Waals surface area (Å²) in [6.07, 6.45) is 2.71. The van der Waals surface area contributed by atoms with Gasteiger partial charge in [-0.15, -0.1) is 0 Å². The van der Waals surface area contributed by atoms with Crippen LogP contribution in [0.4, 0.5) is 5.69 Å². The highest BCUT2D eigenvalue weighted by molar-refractivity contribution is 7.98. The lowest BCUT2D eigenvalue weighted by Crippen LogP contribution is -2.38. The molecule has 2 N–H and O–H groups in total. The summed E-state index contributed by atoms with van der Waals surface area (Å²) in [5.41, 5.74) is 6.10. The van der Waals surface area contributed by atoms with E-state index in [0.717, 1.165) is 12.2 Å². The highest BCUT2D eigenvalue weighted by atomic mass is 32.2. The van der Waals surface area contributed by atoms with E-state index in [9.17, 15) is 8.42 Å². The Labute approximate surface area is 125 Å². The number of sulfonamides is 1. The first-order valence-corrected chi connectivity index (χ1v) is 9.12. The Balaban J connectivity index is 3.25. The first-order chi connectivity index (χ1) is 9.38. The quantitative estimate of drug-likeness (QED) is 0.779. The zero-order chi connectivity index (χ0) is 15.3. The van der Waals surface area contributed by atoms with Gasteiger partial charge in [0.1, 0.15) is 10.6 Å². The van der Waals surface area contributed by atoms with Crippen LogP contribution in [0.3, 0.4) is 0 Å². The van der Waals surface area contributed by atoms with Gasteiger partial charge < -0.3 is 10.5 Å². The van der Waals surface area contributed by atoms with Crippen molar-refractivity contribution in [3.8, 4) is 5.75 Å². The first kappa shape index (κ1) is 17.1. The fourth-order valence-corrected chi connectivity index (χ4v) is 4.47. The summed E-state index contributed by atoms with van der Waals surface area (Å²) in [4.78, 5) is 0.113. The minimum Gasteiger partial charge on any atom is -0.495 e. The van der Waals surface area contributed by atoms with Crippen LogP contribution >= 0.6 is 11.8 Å². The number of methoxy groups -OCH3 is 1. The Bertz CT molecular complexity index is 547. The van der Waals surface area contributed by atoms with Crippen molar-refractivity contribution < 1.29 is 13.2 Å². The Kier molecular flexibility index (Phi) is 6.16. The molecular weight excluding hydrogens is 296 g/mol. The molecule has 0 bridgehead atoms. The Morgan fingerprint density at radius 3 is 2.60 bits per heavy atom. The predicted molar refractivity (Wildman–Crippen MR) is 84.8 cm³/mol. The standard InChI is InChI=1S/C13H22N2O3S2/c1-5-11(9-19-4)15(2)20(16,17)13-8-10(14)6-7-12(13)18-3/h6-8,11H,5,9,14H2,1-4H3. The van der Waals surface area contributed by atoms with E-state index in [1.807, 2.05) is 13.2 Å². The number of hydrogen-bond acceptors (Lipinski definition) is 5. The summed E-state index contributed by atoms with van der Waals surface area (Å²) in [6, 6.07) is 4.58. The molecule has 0 fully saturated rings. The number of thioether (sulfide) groups is 1. The molecule has 0 radical (unpaired) electrons. The van der Waals surface area contributed by atoms with E-state index in [4.69, 9.17) is 10.5 Å². The van der Waals surface area contributed by atoms with Gasteiger partial charge in [-0.25, -0.2) is 8.42 Å². The molecule has 0 aliphatic rings. The monoisotopic (exact) mass is 318 g/mol. The summed E-state index contributed by atoms with van der Waals surface area (Å²) < 4.78 is 32.0. The molecule has 0 spiro atoms. The van der Waals surface area contributed by atoms with E-state index in [0.29, 0.717) is 11.4 Å². The number of nitrogen functional groups attached to an aromatic ring is 1. The average molecular weight is 318 g/mol. The van der Waals surface area contributed by atoms with Crippen molar-refractivity contribution in [1.29, 1.82) is 0 Å². The van der Waals surface area contributed by atoms with Gasteiger partial charge >= 0.3 is 0 Å². The zero-order valence-corrected chi connectivity index (χ0v) is 13.9. The number of benzene rings is 1. The lowest BCUT2D eigenvalue weighted by Gasteiger charge is -2.26. The van der Waals surface area contributed by atoms with Gasteiger partial charge in [-0.2, -0.15) is 16.1 Å². The number of ether oxygens (including phenoxy) is 1. The minimum atomic E-state index is -3.62. The molecule has 1 rings (SSSR count). The maximum absolute atomic E-state index is 12.7. The van der Waals surface area contributed by atoms with Gasteiger partial charge in [-0.05, 0) is 30.9 Å². The third-order valence-electron chi connectivity index (χ3n) is 3.19. The largest absolute Gasteiger partial charge is 0.495 e. The second-order valence-corrected chi connectivity index (χ2v) is 7.33. The van der Waals surface area contributed by atoms with Crippen LogP contribution in [0.5, 0.6) is 5.75 Å². The number of nitrogens with zero attached hydrogens (tertiary/aromatic N) is 1. The molecule has 1 atom stereocenters. The Morgan fingerprint density at radius 1 is 1.45 bits per heavy atom. The van der Waals surface area contributed by atoms with Crippen molar-refractivity contribution in [2.24, 2.45) is 0 Å². The van der Waals surface area contributed by atoms with Gasteiger partial charge in [-0.3, -0.25) is 0 Å². The number of hydrogen-bond donors (Lipinski definition) is 1. The molecule has 0 aliphatic heterocycles. The van der Waals surface area contributed by atoms with Crippen LogP contribution in [0.25, 0.3) is 0 Å². The zero-order valence-electron chi connectivity index (χ0n) is 12.3. The van der Waals surface area contributed by atoms with Gasteiger partial charge in [-0.1, -0.05) is 6.92 Å². The van der Waals surface area contributed by atoms with Crippen LogP contribution in [0.2, 0.25) is 0 Å². The molecule has 20 heavy (non-hydrogen) atoms. The highest BCUT2D eigenvalue weighted by Gasteiger charge is 2.29. The van der Waals surface area contributed by atoms with Gasteiger partial charge in [0.05, 0.1) is 7.11 Å². The lowest BCUT2D eigenvalue weighted by molar-refractivity contribution is 0.374. The second-order valence-electron chi connectivity index (χ2n) is 4.45. The molecule has 1 aromatic rings. The SMILES string of the molecule is CCC(CSC)N(C)S(=O)(=O)c1cc(N)ccc1OC. The van der Waals surface area contributed by atoms with E-state index in [1.165, 1.54) is 17.5 Å². The van der Waals surface area contributed by atoms with Crippen molar-refractivity contribution in [3.05, 3.63) is 18.2 Å². The molecule has 0 heterocycles. The van der Waals surface area contributed by atoms with Crippen LogP contribution in [0.15, 0.2) is 23.1 Å². The molecule has 5 nitrogen and oxygen atoms in total. The van der Waals surface area contributed by atoms with E-state index >= 15 is 0 Å². The van der Waals surface area contributed by atoms with E-state index in [2.05, 4.69) is 0 Å². The number of rotatable bonds is 7. The maximum Gasteiger partial charge on any atom is 0.246 e. The van der Waals surface area contributed by atoms with E-state index in [-0.39, 0.29) is 10.9 Å². The van der Waals surface area contributed by atoms with Crippen LogP contribution in [0.1, 0.15) is 13.3 Å². The van der Waals surface area contributed by atoms with Crippen molar-refractivity contribution >= 4 is 27.5 Å². The third-order valence-corrected chi connectivity index (χ3v) is 5.84. The molecule has 0 amide bonds. The van der Waals surface area contributed by atoms with E-state index < -0.39 is 10.0 Å². The van der Waals surface area contributed by atoms with Crippen molar-refractivity contribution in [2.75, 3.05) is 31.9 Å². The summed E-state index contributed by atoms with van der Waals surface area (Å²) in [5.74, 6) is 1.06. The fraction of sp³-hybridized carbons (Fsp3) is 0.538. The molecule has 1 unspecified atom stereocenters. The van der Waals surface area contributed by atoms with Gasteiger partial charge in [0.2, 0.25) is 10.0 Å². The fourth-order valence-electron chi connectivity index (χ4n) is 1.92. The summed E-state index contributed by atoms with van der Waals surface area (Å²) in [5, 5.41) is 0. The van der Waals surface area contributed by atoms with Crippen LogP contribution in [-0.4, -0.2) is 44.9 Å². The molecule has 0 saturated carbocycles. The molecular formula is C13H22N2O3S2. The highest BCUT2D eigenvalue weighted by Crippen LogP contribution is 2.29. The Morgan fingerprint density at radius 2 is 2.10 bits per heavy atom. The van der Waals surface area contributed by atoms with Gasteiger partial charge in [0, 0.05) is 24.5 Å². The summed E-state index contributed by atoms with van der Waals surface area (Å²) >= 11 is 1.62. The average Bonchev–Trinajstić information content (AvgIpc) is 2.43. The first-order valence-electron chi connectivity index (χ1n) is 6.29. The predicted octanol–water partition coefficient (Wildman–Crippen LogP) is 2.04. The molecule has 7 heteroatoms. The van der Waals surface area contributed by atoms with Crippen LogP contribution < -0.4 is 10.5 Å². The normalized spacial score (nSPS) is 13.4. The van der Waals surface area contributed by atoms with Crippen molar-refractivity contribution in [1.82, 2.24) is 4.31 Å². The van der Waals surface area contributed by atoms with Crippen molar-refractivity contribution in [2.45, 2.75) is 24.3 Å². The lowest BCUT2D eigenvalue weighted by atomic mass is 10.3. The topological polar surface area (TPSA) is 72.6 Å². The maximum atomic E-state index is 12.7.